The molecule has 2 aromatic carbocycles. The first kappa shape index (κ1) is 19.0. The number of para-hydroxylation sites is 1. The molecule has 1 N–H and O–H groups in total. The van der Waals surface area contributed by atoms with Gasteiger partial charge in [0.05, 0.1) is 19.9 Å². The van der Waals surface area contributed by atoms with Crippen LogP contribution >= 0.6 is 0 Å². The maximum Gasteiger partial charge on any atom is 0.227 e. The second-order valence-electron chi connectivity index (χ2n) is 6.95. The molecule has 0 spiro atoms. The molecule has 0 saturated heterocycles. The van der Waals surface area contributed by atoms with E-state index in [9.17, 15) is 4.39 Å². The zero-order valence-corrected chi connectivity index (χ0v) is 16.7. The van der Waals surface area contributed by atoms with Crippen LogP contribution in [0, 0.1) is 12.7 Å². The predicted octanol–water partition coefficient (Wildman–Crippen LogP) is 4.25. The van der Waals surface area contributed by atoms with Gasteiger partial charge in [-0.2, -0.15) is 4.98 Å². The maximum atomic E-state index is 14.0. The molecule has 4 rings (SSSR count). The van der Waals surface area contributed by atoms with E-state index < -0.39 is 0 Å². The van der Waals surface area contributed by atoms with Gasteiger partial charge in [-0.05, 0) is 48.7 Å². The van der Waals surface area contributed by atoms with Crippen LogP contribution in [0.5, 0.6) is 11.5 Å². The Morgan fingerprint density at radius 1 is 1.00 bits per heavy atom. The Kier molecular flexibility index (Phi) is 5.20. The minimum absolute atomic E-state index is 0.321. The highest BCUT2D eigenvalue weighted by Crippen LogP contribution is 2.34. The van der Waals surface area contributed by atoms with E-state index in [1.54, 1.807) is 32.4 Å². The van der Waals surface area contributed by atoms with E-state index in [1.807, 2.05) is 25.1 Å². The first-order valence-corrected chi connectivity index (χ1v) is 9.43. The molecule has 0 unspecified atom stereocenters. The molecule has 0 atom stereocenters. The van der Waals surface area contributed by atoms with Crippen molar-refractivity contribution in [2.45, 2.75) is 19.9 Å². The summed E-state index contributed by atoms with van der Waals surface area (Å²) in [5.74, 6) is 2.31. The van der Waals surface area contributed by atoms with E-state index in [0.717, 1.165) is 30.0 Å². The highest BCUT2D eigenvalue weighted by molar-refractivity contribution is 5.59. The maximum absolute atomic E-state index is 14.0. The van der Waals surface area contributed by atoms with Crippen LogP contribution in [0.2, 0.25) is 0 Å². The summed E-state index contributed by atoms with van der Waals surface area (Å²) in [6, 6.07) is 12.4. The highest BCUT2D eigenvalue weighted by atomic mass is 19.1. The number of benzene rings is 2. The van der Waals surface area contributed by atoms with Crippen LogP contribution in [-0.2, 0) is 13.0 Å². The third-order valence-electron chi connectivity index (χ3n) is 4.98. The minimum Gasteiger partial charge on any atom is -0.493 e. The van der Waals surface area contributed by atoms with Gasteiger partial charge < -0.3 is 19.7 Å². The standard InChI is InChI=1S/C22H23FN4O2/c1-14-10-21(25-18-7-5-4-6-17(18)23)26-22(24-14)27-9-8-15-11-19(28-2)20(29-3)12-16(15)13-27/h4-7,10-12H,8-9,13H2,1-3H3,(H,24,25,26). The Bertz CT molecular complexity index is 1040. The largest absolute Gasteiger partial charge is 0.493 e. The summed E-state index contributed by atoms with van der Waals surface area (Å²) < 4.78 is 24.8. The Balaban J connectivity index is 1.61. The van der Waals surface area contributed by atoms with Crippen molar-refractivity contribution in [3.63, 3.8) is 0 Å². The summed E-state index contributed by atoms with van der Waals surface area (Å²) in [6.45, 7) is 3.35. The summed E-state index contributed by atoms with van der Waals surface area (Å²) in [5.41, 5.74) is 3.59. The second-order valence-corrected chi connectivity index (χ2v) is 6.95. The fraction of sp³-hybridized carbons (Fsp3) is 0.273. The van der Waals surface area contributed by atoms with Gasteiger partial charge in [-0.3, -0.25) is 0 Å². The number of halogens is 1. The van der Waals surface area contributed by atoms with Crippen LogP contribution in [0.15, 0.2) is 42.5 Å². The SMILES string of the molecule is COc1cc2c(cc1OC)CN(c1nc(C)cc(Nc3ccccc3F)n1)CC2. The number of nitrogens with one attached hydrogen (secondary N) is 1. The number of fused-ring (bicyclic) bond motifs is 1. The molecule has 150 valence electrons. The smallest absolute Gasteiger partial charge is 0.227 e. The van der Waals surface area contributed by atoms with Gasteiger partial charge in [-0.25, -0.2) is 9.37 Å². The molecule has 0 fully saturated rings. The van der Waals surface area contributed by atoms with Gasteiger partial charge in [0.25, 0.3) is 0 Å². The van der Waals surface area contributed by atoms with Gasteiger partial charge in [0.1, 0.15) is 11.6 Å². The van der Waals surface area contributed by atoms with Crippen LogP contribution in [0.3, 0.4) is 0 Å². The Morgan fingerprint density at radius 3 is 2.45 bits per heavy atom. The lowest BCUT2D eigenvalue weighted by atomic mass is 9.99. The molecule has 7 heteroatoms. The number of nitrogens with zero attached hydrogens (tertiary/aromatic N) is 3. The monoisotopic (exact) mass is 394 g/mol. The molecule has 6 nitrogen and oxygen atoms in total. The Hall–Kier alpha value is -3.35. The fourth-order valence-electron chi connectivity index (χ4n) is 3.51. The number of anilines is 3. The van der Waals surface area contributed by atoms with Crippen molar-refractivity contribution in [2.75, 3.05) is 31.0 Å². The van der Waals surface area contributed by atoms with Gasteiger partial charge in [0.15, 0.2) is 11.5 Å². The van der Waals surface area contributed by atoms with Gasteiger partial charge in [-0.15, -0.1) is 0 Å². The fourth-order valence-corrected chi connectivity index (χ4v) is 3.51. The van der Waals surface area contributed by atoms with Crippen LogP contribution in [0.25, 0.3) is 0 Å². The number of aromatic nitrogens is 2. The number of ether oxygens (including phenoxy) is 2. The van der Waals surface area contributed by atoms with Gasteiger partial charge >= 0.3 is 0 Å². The summed E-state index contributed by atoms with van der Waals surface area (Å²) >= 11 is 0. The van der Waals surface area contributed by atoms with E-state index in [2.05, 4.69) is 20.2 Å². The lowest BCUT2D eigenvalue weighted by molar-refractivity contribution is 0.353. The molecule has 1 aliphatic rings. The zero-order chi connectivity index (χ0) is 20.4. The van der Waals surface area contributed by atoms with E-state index in [4.69, 9.17) is 9.47 Å². The predicted molar refractivity (Wildman–Crippen MR) is 111 cm³/mol. The zero-order valence-electron chi connectivity index (χ0n) is 16.7. The summed E-state index contributed by atoms with van der Waals surface area (Å²) in [5, 5.41) is 3.06. The lowest BCUT2D eigenvalue weighted by Crippen LogP contribution is -2.32. The Morgan fingerprint density at radius 2 is 1.72 bits per heavy atom. The molecule has 0 radical (unpaired) electrons. The second kappa shape index (κ2) is 7.95. The first-order chi connectivity index (χ1) is 14.1. The molecule has 0 amide bonds. The molecule has 29 heavy (non-hydrogen) atoms. The molecule has 3 aromatic rings. The molecule has 1 aliphatic heterocycles. The van der Waals surface area contributed by atoms with Gasteiger partial charge in [0.2, 0.25) is 5.95 Å². The molecular formula is C22H23FN4O2. The normalized spacial score (nSPS) is 13.0. The van der Waals surface area contributed by atoms with E-state index in [1.165, 1.54) is 11.6 Å². The highest BCUT2D eigenvalue weighted by Gasteiger charge is 2.22. The molecule has 2 heterocycles. The third kappa shape index (κ3) is 3.94. The van der Waals surface area contributed by atoms with Crippen LogP contribution < -0.4 is 19.7 Å². The summed E-state index contributed by atoms with van der Waals surface area (Å²) in [7, 11) is 3.28. The van der Waals surface area contributed by atoms with Crippen molar-refractivity contribution in [2.24, 2.45) is 0 Å². The average Bonchev–Trinajstić information content (AvgIpc) is 2.73. The summed E-state index contributed by atoms with van der Waals surface area (Å²) in [6.07, 6.45) is 0.850. The summed E-state index contributed by atoms with van der Waals surface area (Å²) in [4.78, 5) is 11.3. The number of methoxy groups -OCH3 is 2. The Labute approximate surface area is 169 Å². The topological polar surface area (TPSA) is 59.5 Å². The third-order valence-corrected chi connectivity index (χ3v) is 4.98. The molecule has 0 bridgehead atoms. The van der Waals surface area contributed by atoms with Crippen molar-refractivity contribution < 1.29 is 13.9 Å². The van der Waals surface area contributed by atoms with E-state index >= 15 is 0 Å². The van der Waals surface area contributed by atoms with Crippen LogP contribution in [0.1, 0.15) is 16.8 Å². The van der Waals surface area contributed by atoms with Crippen molar-refractivity contribution >= 4 is 17.5 Å². The van der Waals surface area contributed by atoms with Crippen molar-refractivity contribution in [1.29, 1.82) is 0 Å². The van der Waals surface area contributed by atoms with Crippen molar-refractivity contribution in [3.8, 4) is 11.5 Å². The number of hydrogen-bond donors (Lipinski definition) is 1. The quantitative estimate of drug-likeness (QED) is 0.698. The average molecular weight is 394 g/mol. The van der Waals surface area contributed by atoms with Gasteiger partial charge in [0, 0.05) is 24.8 Å². The molecule has 0 saturated carbocycles. The minimum atomic E-state index is -0.321. The molecular weight excluding hydrogens is 371 g/mol. The number of rotatable bonds is 5. The molecule has 1 aromatic heterocycles. The first-order valence-electron chi connectivity index (χ1n) is 9.43. The van der Waals surface area contributed by atoms with Crippen LogP contribution in [-0.4, -0.2) is 30.7 Å². The lowest BCUT2D eigenvalue weighted by Gasteiger charge is -2.30. The van der Waals surface area contributed by atoms with E-state index in [0.29, 0.717) is 29.7 Å². The van der Waals surface area contributed by atoms with E-state index in [-0.39, 0.29) is 5.82 Å². The van der Waals surface area contributed by atoms with Gasteiger partial charge in [-0.1, -0.05) is 12.1 Å². The van der Waals surface area contributed by atoms with Crippen molar-refractivity contribution in [3.05, 3.63) is 65.1 Å². The number of hydrogen-bond acceptors (Lipinski definition) is 6. The van der Waals surface area contributed by atoms with Crippen LogP contribution in [0.4, 0.5) is 21.8 Å². The number of aryl methyl sites for hydroxylation is 1. The molecule has 0 aliphatic carbocycles. The van der Waals surface area contributed by atoms with Crippen molar-refractivity contribution in [1.82, 2.24) is 9.97 Å².